The monoisotopic (exact) mass is 296 g/mol. The van der Waals surface area contributed by atoms with E-state index in [0.29, 0.717) is 6.42 Å². The molecule has 0 saturated carbocycles. The van der Waals surface area contributed by atoms with Crippen molar-refractivity contribution in [1.29, 1.82) is 0 Å². The molecule has 1 aromatic carbocycles. The number of aliphatic hydroxyl groups is 4. The molecule has 116 valence electrons. The molecule has 0 bridgehead atoms. The van der Waals surface area contributed by atoms with Crippen molar-refractivity contribution >= 4 is 5.84 Å². The maximum absolute atomic E-state index is 9.86. The van der Waals surface area contributed by atoms with Gasteiger partial charge in [-0.1, -0.05) is 30.3 Å². The van der Waals surface area contributed by atoms with Gasteiger partial charge >= 0.3 is 0 Å². The topological polar surface area (TPSA) is 129 Å². The predicted molar refractivity (Wildman–Crippen MR) is 75.5 cm³/mol. The Morgan fingerprint density at radius 1 is 1.10 bits per heavy atom. The summed E-state index contributed by atoms with van der Waals surface area (Å²) in [6.45, 7) is -0.491. The molecule has 1 aromatic rings. The SMILES string of the molecule is N/C(Cc1ccccc1)=N\[C@@H]1O[C@H](CO)[C@H](O)[C@H](O)[C@H]1O. The zero-order valence-electron chi connectivity index (χ0n) is 11.4. The van der Waals surface area contributed by atoms with Crippen LogP contribution >= 0.6 is 0 Å². The summed E-state index contributed by atoms with van der Waals surface area (Å²) in [4.78, 5) is 4.04. The Morgan fingerprint density at radius 2 is 1.76 bits per heavy atom. The number of nitrogens with zero attached hydrogens (tertiary/aromatic N) is 1. The quantitative estimate of drug-likeness (QED) is 0.336. The molecular formula is C14H20N2O5. The van der Waals surface area contributed by atoms with Gasteiger partial charge in [0.25, 0.3) is 0 Å². The van der Waals surface area contributed by atoms with Crippen molar-refractivity contribution in [3.05, 3.63) is 35.9 Å². The maximum atomic E-state index is 9.86. The van der Waals surface area contributed by atoms with Gasteiger partial charge in [0.15, 0.2) is 6.23 Å². The van der Waals surface area contributed by atoms with Crippen LogP contribution in [0.25, 0.3) is 0 Å². The normalized spacial score (nSPS) is 33.9. The van der Waals surface area contributed by atoms with Gasteiger partial charge in [0.1, 0.15) is 30.3 Å². The molecule has 2 rings (SSSR count). The molecule has 0 spiro atoms. The van der Waals surface area contributed by atoms with E-state index in [1.807, 2.05) is 30.3 Å². The Labute approximate surface area is 122 Å². The number of nitrogens with two attached hydrogens (primary N) is 1. The van der Waals surface area contributed by atoms with E-state index in [-0.39, 0.29) is 5.84 Å². The molecule has 7 nitrogen and oxygen atoms in total. The number of hydrogen-bond donors (Lipinski definition) is 5. The third-order valence-electron chi connectivity index (χ3n) is 3.39. The summed E-state index contributed by atoms with van der Waals surface area (Å²) in [5.41, 5.74) is 6.77. The Hall–Kier alpha value is -1.51. The summed E-state index contributed by atoms with van der Waals surface area (Å²) in [6, 6.07) is 9.40. The highest BCUT2D eigenvalue weighted by atomic mass is 16.6. The second-order valence-corrected chi connectivity index (χ2v) is 5.00. The molecule has 1 saturated heterocycles. The van der Waals surface area contributed by atoms with E-state index >= 15 is 0 Å². The van der Waals surface area contributed by atoms with Crippen molar-refractivity contribution in [2.24, 2.45) is 10.7 Å². The molecule has 1 heterocycles. The smallest absolute Gasteiger partial charge is 0.179 e. The highest BCUT2D eigenvalue weighted by Crippen LogP contribution is 2.22. The third-order valence-corrected chi connectivity index (χ3v) is 3.39. The largest absolute Gasteiger partial charge is 0.394 e. The van der Waals surface area contributed by atoms with Crippen LogP contribution in [0.3, 0.4) is 0 Å². The first-order valence-corrected chi connectivity index (χ1v) is 6.69. The van der Waals surface area contributed by atoms with Gasteiger partial charge in [-0.05, 0) is 5.56 Å². The van der Waals surface area contributed by atoms with Gasteiger partial charge in [0.05, 0.1) is 6.61 Å². The number of ether oxygens (including phenoxy) is 1. The Kier molecular flexibility index (Phi) is 5.27. The molecule has 0 aliphatic carbocycles. The van der Waals surface area contributed by atoms with Crippen LogP contribution < -0.4 is 5.73 Å². The summed E-state index contributed by atoms with van der Waals surface area (Å²) in [6.07, 6.45) is -5.99. The molecule has 5 atom stereocenters. The van der Waals surface area contributed by atoms with Crippen molar-refractivity contribution in [3.63, 3.8) is 0 Å². The summed E-state index contributed by atoms with van der Waals surface area (Å²) < 4.78 is 5.26. The lowest BCUT2D eigenvalue weighted by Crippen LogP contribution is -2.58. The van der Waals surface area contributed by atoms with E-state index in [1.165, 1.54) is 0 Å². The number of aliphatic imine (C=N–C) groups is 1. The van der Waals surface area contributed by atoms with Crippen LogP contribution in [0.15, 0.2) is 35.3 Å². The molecule has 0 unspecified atom stereocenters. The lowest BCUT2D eigenvalue weighted by atomic mass is 9.98. The molecule has 0 aromatic heterocycles. The number of rotatable bonds is 4. The second-order valence-electron chi connectivity index (χ2n) is 5.00. The van der Waals surface area contributed by atoms with Crippen LogP contribution in [-0.2, 0) is 11.2 Å². The fraction of sp³-hybridized carbons (Fsp3) is 0.500. The lowest BCUT2D eigenvalue weighted by Gasteiger charge is -2.38. The highest BCUT2D eigenvalue weighted by molar-refractivity contribution is 5.82. The first-order chi connectivity index (χ1) is 10.0. The first kappa shape index (κ1) is 15.9. The van der Waals surface area contributed by atoms with Crippen LogP contribution in [0, 0.1) is 0 Å². The van der Waals surface area contributed by atoms with Crippen LogP contribution in [0.1, 0.15) is 5.56 Å². The van der Waals surface area contributed by atoms with E-state index in [1.54, 1.807) is 0 Å². The molecule has 6 N–H and O–H groups in total. The zero-order valence-corrected chi connectivity index (χ0v) is 11.4. The summed E-state index contributed by atoms with van der Waals surface area (Å²) in [5.74, 6) is 0.227. The van der Waals surface area contributed by atoms with Gasteiger partial charge in [-0.25, -0.2) is 4.99 Å². The minimum atomic E-state index is -1.45. The van der Waals surface area contributed by atoms with Crippen LogP contribution in [0.5, 0.6) is 0 Å². The van der Waals surface area contributed by atoms with Gasteiger partial charge in [-0.15, -0.1) is 0 Å². The Balaban J connectivity index is 2.07. The minimum Gasteiger partial charge on any atom is -0.394 e. The minimum absolute atomic E-state index is 0.227. The average molecular weight is 296 g/mol. The van der Waals surface area contributed by atoms with Gasteiger partial charge in [-0.2, -0.15) is 0 Å². The number of benzene rings is 1. The van der Waals surface area contributed by atoms with E-state index in [2.05, 4.69) is 4.99 Å². The van der Waals surface area contributed by atoms with Crippen LogP contribution in [-0.4, -0.2) is 63.5 Å². The average Bonchev–Trinajstić information content (AvgIpc) is 2.49. The molecule has 21 heavy (non-hydrogen) atoms. The van der Waals surface area contributed by atoms with Crippen molar-refractivity contribution in [1.82, 2.24) is 0 Å². The molecule has 1 fully saturated rings. The molecule has 0 radical (unpaired) electrons. The molecule has 1 aliphatic heterocycles. The fourth-order valence-corrected chi connectivity index (χ4v) is 2.20. The van der Waals surface area contributed by atoms with Crippen molar-refractivity contribution in [2.75, 3.05) is 6.61 Å². The standard InChI is InChI=1S/C14H20N2O5/c15-10(6-8-4-2-1-3-5-8)16-14-13(20)12(19)11(18)9(7-17)21-14/h1-5,9,11-14,17-20H,6-7H2,(H2,15,16)/t9-,11+,12+,13-,14-/m1/s1. The molecular weight excluding hydrogens is 276 g/mol. The highest BCUT2D eigenvalue weighted by Gasteiger charge is 2.43. The van der Waals surface area contributed by atoms with Gasteiger partial charge in [-0.3, -0.25) is 0 Å². The van der Waals surface area contributed by atoms with E-state index < -0.39 is 37.3 Å². The third kappa shape index (κ3) is 3.78. The first-order valence-electron chi connectivity index (χ1n) is 6.69. The summed E-state index contributed by atoms with van der Waals surface area (Å²) in [5, 5.41) is 38.3. The van der Waals surface area contributed by atoms with E-state index in [9.17, 15) is 15.3 Å². The fourth-order valence-electron chi connectivity index (χ4n) is 2.20. The van der Waals surface area contributed by atoms with E-state index in [0.717, 1.165) is 5.56 Å². The van der Waals surface area contributed by atoms with Gasteiger partial charge in [0, 0.05) is 6.42 Å². The number of hydrogen-bond acceptors (Lipinski definition) is 6. The van der Waals surface area contributed by atoms with E-state index in [4.69, 9.17) is 15.6 Å². The summed E-state index contributed by atoms with van der Waals surface area (Å²) >= 11 is 0. The predicted octanol–water partition coefficient (Wildman–Crippen LogP) is -1.61. The summed E-state index contributed by atoms with van der Waals surface area (Å²) in [7, 11) is 0. The molecule has 7 heteroatoms. The van der Waals surface area contributed by atoms with Crippen molar-refractivity contribution in [3.8, 4) is 0 Å². The number of aliphatic hydroxyl groups excluding tert-OH is 4. The zero-order chi connectivity index (χ0) is 15.4. The molecule has 1 aliphatic rings. The Bertz CT molecular complexity index is 480. The Morgan fingerprint density at radius 3 is 2.38 bits per heavy atom. The van der Waals surface area contributed by atoms with Crippen molar-refractivity contribution < 1.29 is 25.2 Å². The molecule has 0 amide bonds. The van der Waals surface area contributed by atoms with Crippen molar-refractivity contribution in [2.45, 2.75) is 37.1 Å². The van der Waals surface area contributed by atoms with Gasteiger partial charge in [0.2, 0.25) is 0 Å². The van der Waals surface area contributed by atoms with Crippen LogP contribution in [0.4, 0.5) is 0 Å². The second kappa shape index (κ2) is 6.97. The maximum Gasteiger partial charge on any atom is 0.179 e. The van der Waals surface area contributed by atoms with Gasteiger partial charge < -0.3 is 30.9 Å². The lowest BCUT2D eigenvalue weighted by molar-refractivity contribution is -0.226. The number of amidine groups is 1. The van der Waals surface area contributed by atoms with Crippen LogP contribution in [0.2, 0.25) is 0 Å².